The summed E-state index contributed by atoms with van der Waals surface area (Å²) in [6.07, 6.45) is 0. The molecule has 0 bridgehead atoms. The van der Waals surface area contributed by atoms with Gasteiger partial charge < -0.3 is 0 Å². The number of hydrogen-bond acceptors (Lipinski definition) is 3. The summed E-state index contributed by atoms with van der Waals surface area (Å²) in [7, 11) is 0. The van der Waals surface area contributed by atoms with Crippen LogP contribution in [0.4, 0.5) is 4.39 Å². The van der Waals surface area contributed by atoms with Gasteiger partial charge in [-0.2, -0.15) is 4.39 Å². The lowest BCUT2D eigenvalue weighted by atomic mass is 10.7. The van der Waals surface area contributed by atoms with Crippen molar-refractivity contribution in [1.82, 2.24) is 15.4 Å². The molecule has 0 aliphatic carbocycles. The molecule has 5 heteroatoms. The Hall–Kier alpha value is -0.770. The molecule has 1 aromatic rings. The Balaban J connectivity index is 3.08. The van der Waals surface area contributed by atoms with Gasteiger partial charge in [0.15, 0.2) is 5.15 Å². The minimum Gasteiger partial charge on any atom is -0.183 e. The Morgan fingerprint density at radius 1 is 1.50 bits per heavy atom. The summed E-state index contributed by atoms with van der Waals surface area (Å²) in [5.41, 5.74) is 0. The normalized spacial score (nSPS) is 9.25. The molecule has 0 aromatic carbocycles. The maximum atomic E-state index is 11.9. The Labute approximate surface area is 49.5 Å². The molecular formula is C3HClFN3. The molecule has 42 valence electrons. The van der Waals surface area contributed by atoms with Crippen LogP contribution in [0.5, 0.6) is 0 Å². The predicted octanol–water partition coefficient (Wildman–Crippen LogP) is 0.664. The highest BCUT2D eigenvalue weighted by Gasteiger charge is 1.91. The quantitative estimate of drug-likeness (QED) is 0.522. The second kappa shape index (κ2) is 2.00. The summed E-state index contributed by atoms with van der Waals surface area (Å²) in [6.45, 7) is 0. The van der Waals surface area contributed by atoms with Crippen molar-refractivity contribution in [3.05, 3.63) is 17.2 Å². The maximum absolute atomic E-state index is 11.9. The van der Waals surface area contributed by atoms with E-state index in [2.05, 4.69) is 15.4 Å². The molecule has 0 spiro atoms. The molecule has 0 fully saturated rings. The van der Waals surface area contributed by atoms with E-state index in [0.717, 1.165) is 6.07 Å². The summed E-state index contributed by atoms with van der Waals surface area (Å²) >= 11 is 5.19. The lowest BCUT2D eigenvalue weighted by molar-refractivity contribution is 0.548. The molecule has 0 unspecified atom stereocenters. The van der Waals surface area contributed by atoms with Crippen LogP contribution in [-0.4, -0.2) is 15.4 Å². The van der Waals surface area contributed by atoms with Crippen LogP contribution in [0.25, 0.3) is 0 Å². The van der Waals surface area contributed by atoms with Crippen molar-refractivity contribution in [2.45, 2.75) is 0 Å². The summed E-state index contributed by atoms with van der Waals surface area (Å²) in [5.74, 6) is -0.718. The maximum Gasteiger partial charge on any atom is 0.238 e. The number of nitrogens with zero attached hydrogens (tertiary/aromatic N) is 3. The van der Waals surface area contributed by atoms with Crippen LogP contribution in [0.2, 0.25) is 5.15 Å². The van der Waals surface area contributed by atoms with Crippen LogP contribution in [0, 0.1) is 5.95 Å². The Morgan fingerprint density at radius 3 is 2.62 bits per heavy atom. The van der Waals surface area contributed by atoms with Gasteiger partial charge >= 0.3 is 0 Å². The van der Waals surface area contributed by atoms with E-state index in [4.69, 9.17) is 11.6 Å². The first-order valence-electron chi connectivity index (χ1n) is 1.80. The molecule has 1 rings (SSSR count). The SMILES string of the molecule is Fc1cc(Cl)nnn1. The fourth-order valence-electron chi connectivity index (χ4n) is 0.264. The molecule has 0 atom stereocenters. The van der Waals surface area contributed by atoms with Gasteiger partial charge in [0, 0.05) is 6.07 Å². The highest BCUT2D eigenvalue weighted by molar-refractivity contribution is 6.29. The van der Waals surface area contributed by atoms with Crippen molar-refractivity contribution < 1.29 is 4.39 Å². The van der Waals surface area contributed by atoms with E-state index in [-0.39, 0.29) is 5.15 Å². The van der Waals surface area contributed by atoms with Crippen LogP contribution >= 0.6 is 11.6 Å². The van der Waals surface area contributed by atoms with Crippen LogP contribution < -0.4 is 0 Å². The third kappa shape index (κ3) is 1.10. The predicted molar refractivity (Wildman–Crippen MR) is 24.8 cm³/mol. The average Bonchev–Trinajstić information content (AvgIpc) is 1.64. The minimum absolute atomic E-state index is 0.0116. The highest BCUT2D eigenvalue weighted by atomic mass is 35.5. The molecule has 0 saturated heterocycles. The molecular weight excluding hydrogens is 133 g/mol. The van der Waals surface area contributed by atoms with E-state index in [1.54, 1.807) is 0 Å². The third-order valence-corrected chi connectivity index (χ3v) is 0.703. The molecule has 0 aliphatic rings. The third-order valence-electron chi connectivity index (χ3n) is 0.519. The second-order valence-corrected chi connectivity index (χ2v) is 1.47. The average molecular weight is 134 g/mol. The fraction of sp³-hybridized carbons (Fsp3) is 0. The molecule has 3 nitrogen and oxygen atoms in total. The van der Waals surface area contributed by atoms with Gasteiger partial charge in [0.2, 0.25) is 5.95 Å². The van der Waals surface area contributed by atoms with Gasteiger partial charge in [0.1, 0.15) is 0 Å². The minimum atomic E-state index is -0.718. The Morgan fingerprint density at radius 2 is 2.25 bits per heavy atom. The summed E-state index contributed by atoms with van der Waals surface area (Å²) in [6, 6.07) is 0.981. The van der Waals surface area contributed by atoms with E-state index in [0.29, 0.717) is 0 Å². The van der Waals surface area contributed by atoms with E-state index >= 15 is 0 Å². The number of halogens is 2. The van der Waals surface area contributed by atoms with Crippen LogP contribution in [-0.2, 0) is 0 Å². The zero-order chi connectivity index (χ0) is 5.98. The van der Waals surface area contributed by atoms with Gasteiger partial charge in [-0.15, -0.1) is 5.10 Å². The van der Waals surface area contributed by atoms with Crippen LogP contribution in [0.3, 0.4) is 0 Å². The number of hydrogen-bond donors (Lipinski definition) is 0. The van der Waals surface area contributed by atoms with E-state index in [1.807, 2.05) is 0 Å². The van der Waals surface area contributed by atoms with E-state index in [1.165, 1.54) is 0 Å². The summed E-state index contributed by atoms with van der Waals surface area (Å²) in [5, 5.41) is 9.12. The molecule has 0 N–H and O–H groups in total. The second-order valence-electron chi connectivity index (χ2n) is 1.08. The lowest BCUT2D eigenvalue weighted by Gasteiger charge is -1.81. The van der Waals surface area contributed by atoms with Gasteiger partial charge in [0.05, 0.1) is 0 Å². The zero-order valence-electron chi connectivity index (χ0n) is 3.67. The van der Waals surface area contributed by atoms with E-state index < -0.39 is 5.95 Å². The van der Waals surface area contributed by atoms with E-state index in [9.17, 15) is 4.39 Å². The fourth-order valence-corrected chi connectivity index (χ4v) is 0.388. The molecule has 1 aromatic heterocycles. The zero-order valence-corrected chi connectivity index (χ0v) is 4.43. The smallest absolute Gasteiger partial charge is 0.183 e. The van der Waals surface area contributed by atoms with Crippen LogP contribution in [0.1, 0.15) is 0 Å². The Kier molecular flexibility index (Phi) is 1.34. The van der Waals surface area contributed by atoms with Gasteiger partial charge in [-0.05, 0) is 5.21 Å². The van der Waals surface area contributed by atoms with Gasteiger partial charge in [-0.25, -0.2) is 0 Å². The Bertz CT molecular complexity index is 174. The van der Waals surface area contributed by atoms with Gasteiger partial charge in [0.25, 0.3) is 0 Å². The van der Waals surface area contributed by atoms with Crippen molar-refractivity contribution >= 4 is 11.6 Å². The molecule has 0 amide bonds. The topological polar surface area (TPSA) is 38.7 Å². The van der Waals surface area contributed by atoms with Gasteiger partial charge in [-0.1, -0.05) is 16.7 Å². The lowest BCUT2D eigenvalue weighted by Crippen LogP contribution is -1.89. The first-order valence-corrected chi connectivity index (χ1v) is 2.18. The molecule has 1 heterocycles. The van der Waals surface area contributed by atoms with Crippen molar-refractivity contribution in [3.8, 4) is 0 Å². The monoisotopic (exact) mass is 133 g/mol. The number of rotatable bonds is 0. The molecule has 0 aliphatic heterocycles. The molecule has 8 heavy (non-hydrogen) atoms. The number of aromatic nitrogens is 3. The first-order chi connectivity index (χ1) is 3.79. The first kappa shape index (κ1) is 5.37. The summed E-state index contributed by atoms with van der Waals surface area (Å²) in [4.78, 5) is 0. The van der Waals surface area contributed by atoms with Gasteiger partial charge in [-0.3, -0.25) is 0 Å². The van der Waals surface area contributed by atoms with Crippen molar-refractivity contribution in [2.75, 3.05) is 0 Å². The summed E-state index contributed by atoms with van der Waals surface area (Å²) < 4.78 is 11.9. The standard InChI is InChI=1S/C3HClFN3/c4-2-1-3(5)7-8-6-2/h1H. The molecule has 0 radical (unpaired) electrons. The largest absolute Gasteiger partial charge is 0.238 e. The van der Waals surface area contributed by atoms with Crippen molar-refractivity contribution in [1.29, 1.82) is 0 Å². The molecule has 0 saturated carbocycles. The van der Waals surface area contributed by atoms with Crippen molar-refractivity contribution in [2.24, 2.45) is 0 Å². The van der Waals surface area contributed by atoms with Crippen LogP contribution in [0.15, 0.2) is 6.07 Å². The van der Waals surface area contributed by atoms with Crippen molar-refractivity contribution in [3.63, 3.8) is 0 Å². The highest BCUT2D eigenvalue weighted by Crippen LogP contribution is 1.99.